The van der Waals surface area contributed by atoms with Crippen LogP contribution in [0.15, 0.2) is 24.3 Å². The van der Waals surface area contributed by atoms with E-state index in [1.807, 2.05) is 0 Å². The summed E-state index contributed by atoms with van der Waals surface area (Å²) in [4.78, 5) is 0. The van der Waals surface area contributed by atoms with Crippen molar-refractivity contribution in [1.82, 2.24) is 5.32 Å². The molecule has 0 radical (unpaired) electrons. The summed E-state index contributed by atoms with van der Waals surface area (Å²) in [6.45, 7) is 2.80. The molecule has 1 aromatic rings. The summed E-state index contributed by atoms with van der Waals surface area (Å²) >= 11 is 0. The molecule has 0 aliphatic heterocycles. The van der Waals surface area contributed by atoms with Gasteiger partial charge in [-0.15, -0.1) is 0 Å². The van der Waals surface area contributed by atoms with Gasteiger partial charge in [-0.1, -0.05) is 29.8 Å². The van der Waals surface area contributed by atoms with Gasteiger partial charge in [0, 0.05) is 12.6 Å². The summed E-state index contributed by atoms with van der Waals surface area (Å²) in [5, 5.41) is 14.4. The topological polar surface area (TPSA) is 32.3 Å². The Kier molecular flexibility index (Phi) is 2.72. The first-order valence-electron chi connectivity index (χ1n) is 6.71. The number of hydrogen-bond acceptors (Lipinski definition) is 2. The Morgan fingerprint density at radius 3 is 2.35 bits per heavy atom. The van der Waals surface area contributed by atoms with Gasteiger partial charge in [-0.25, -0.2) is 0 Å². The summed E-state index contributed by atoms with van der Waals surface area (Å²) in [5.41, 5.74) is 1.69. The van der Waals surface area contributed by atoms with Crippen LogP contribution in [0.5, 0.6) is 0 Å². The van der Waals surface area contributed by atoms with Crippen LogP contribution >= 0.6 is 0 Å². The van der Waals surface area contributed by atoms with E-state index in [-0.39, 0.29) is 0 Å². The number of rotatable bonds is 5. The number of nitrogens with one attached hydrogen (secondary N) is 1. The van der Waals surface area contributed by atoms with Crippen LogP contribution in [0.4, 0.5) is 0 Å². The maximum Gasteiger partial charge on any atom is 0.105 e. The van der Waals surface area contributed by atoms with Crippen molar-refractivity contribution in [3.05, 3.63) is 35.4 Å². The molecule has 2 heteroatoms. The molecular formula is C15H21NO. The van der Waals surface area contributed by atoms with E-state index in [2.05, 4.69) is 36.5 Å². The molecule has 92 valence electrons. The number of aliphatic hydroxyl groups is 1. The zero-order valence-corrected chi connectivity index (χ0v) is 10.4. The highest BCUT2D eigenvalue weighted by Crippen LogP contribution is 2.45. The Bertz CT molecular complexity index is 392. The molecule has 0 heterocycles. The van der Waals surface area contributed by atoms with Crippen LogP contribution in [-0.2, 0) is 5.60 Å². The van der Waals surface area contributed by atoms with Crippen molar-refractivity contribution < 1.29 is 5.11 Å². The average molecular weight is 231 g/mol. The van der Waals surface area contributed by atoms with E-state index in [1.165, 1.54) is 18.4 Å². The van der Waals surface area contributed by atoms with E-state index < -0.39 is 5.60 Å². The monoisotopic (exact) mass is 231 g/mol. The zero-order chi connectivity index (χ0) is 11.9. The minimum absolute atomic E-state index is 0.455. The molecule has 1 unspecified atom stereocenters. The van der Waals surface area contributed by atoms with Crippen LogP contribution < -0.4 is 5.32 Å². The fourth-order valence-electron chi connectivity index (χ4n) is 2.47. The molecule has 2 aliphatic carbocycles. The molecule has 0 saturated heterocycles. The van der Waals surface area contributed by atoms with Gasteiger partial charge in [0.05, 0.1) is 0 Å². The molecule has 0 aromatic heterocycles. The fourth-order valence-corrected chi connectivity index (χ4v) is 2.47. The third-order valence-electron chi connectivity index (χ3n) is 4.04. The van der Waals surface area contributed by atoms with Crippen LogP contribution in [0.1, 0.15) is 36.8 Å². The second-order valence-corrected chi connectivity index (χ2v) is 5.72. The highest BCUT2D eigenvalue weighted by molar-refractivity contribution is 5.29. The van der Waals surface area contributed by atoms with Crippen LogP contribution in [0, 0.1) is 12.8 Å². The minimum Gasteiger partial charge on any atom is -0.384 e. The molecule has 2 N–H and O–H groups in total. The predicted octanol–water partition coefficient (Wildman–Crippen LogP) is 2.34. The van der Waals surface area contributed by atoms with Crippen molar-refractivity contribution in [1.29, 1.82) is 0 Å². The van der Waals surface area contributed by atoms with Gasteiger partial charge < -0.3 is 10.4 Å². The van der Waals surface area contributed by atoms with Crippen LogP contribution in [-0.4, -0.2) is 17.7 Å². The molecule has 2 fully saturated rings. The second-order valence-electron chi connectivity index (χ2n) is 5.72. The molecule has 1 atom stereocenters. The summed E-state index contributed by atoms with van der Waals surface area (Å²) < 4.78 is 0. The molecule has 2 nitrogen and oxygen atoms in total. The lowest BCUT2D eigenvalue weighted by Gasteiger charge is -2.29. The lowest BCUT2D eigenvalue weighted by molar-refractivity contribution is 0.0131. The van der Waals surface area contributed by atoms with Gasteiger partial charge in [-0.3, -0.25) is 0 Å². The van der Waals surface area contributed by atoms with E-state index in [9.17, 15) is 5.11 Å². The largest absolute Gasteiger partial charge is 0.384 e. The van der Waals surface area contributed by atoms with Crippen LogP contribution in [0.3, 0.4) is 0 Å². The van der Waals surface area contributed by atoms with Crippen molar-refractivity contribution in [2.45, 2.75) is 44.2 Å². The molecule has 0 spiro atoms. The van der Waals surface area contributed by atoms with Gasteiger partial charge in [0.15, 0.2) is 0 Å². The Morgan fingerprint density at radius 1 is 1.18 bits per heavy atom. The fraction of sp³-hybridized carbons (Fsp3) is 0.600. The Labute approximate surface area is 103 Å². The van der Waals surface area contributed by atoms with Crippen molar-refractivity contribution in [3.8, 4) is 0 Å². The van der Waals surface area contributed by atoms with Crippen molar-refractivity contribution in [2.24, 2.45) is 5.92 Å². The summed E-state index contributed by atoms with van der Waals surface area (Å²) in [6, 6.07) is 9.02. The van der Waals surface area contributed by atoms with Gasteiger partial charge in [0.1, 0.15) is 5.60 Å². The van der Waals surface area contributed by atoms with Crippen LogP contribution in [0.2, 0.25) is 0 Å². The SMILES string of the molecule is Cc1ccc(C(O)(CNC2CC2)C2CC2)cc1. The van der Waals surface area contributed by atoms with Gasteiger partial charge in [-0.2, -0.15) is 0 Å². The summed E-state index contributed by atoms with van der Waals surface area (Å²) in [6.07, 6.45) is 4.87. The Balaban J connectivity index is 1.79. The van der Waals surface area contributed by atoms with E-state index in [1.54, 1.807) is 0 Å². The van der Waals surface area contributed by atoms with Crippen molar-refractivity contribution in [2.75, 3.05) is 6.54 Å². The van der Waals surface area contributed by atoms with Gasteiger partial charge in [0.25, 0.3) is 0 Å². The normalized spacial score (nSPS) is 23.4. The first kappa shape index (κ1) is 11.2. The first-order valence-corrected chi connectivity index (χ1v) is 6.71. The Hall–Kier alpha value is -0.860. The van der Waals surface area contributed by atoms with Gasteiger partial charge in [-0.05, 0) is 44.1 Å². The lowest BCUT2D eigenvalue weighted by Crippen LogP contribution is -2.41. The predicted molar refractivity (Wildman–Crippen MR) is 68.8 cm³/mol. The molecule has 0 amide bonds. The van der Waals surface area contributed by atoms with Crippen molar-refractivity contribution in [3.63, 3.8) is 0 Å². The average Bonchev–Trinajstić information content (AvgIpc) is 3.18. The summed E-state index contributed by atoms with van der Waals surface area (Å²) in [5.74, 6) is 0.455. The lowest BCUT2D eigenvalue weighted by atomic mass is 9.88. The third kappa shape index (κ3) is 2.38. The second kappa shape index (κ2) is 4.11. The third-order valence-corrected chi connectivity index (χ3v) is 4.04. The molecule has 2 aliphatic rings. The number of aryl methyl sites for hydroxylation is 1. The van der Waals surface area contributed by atoms with Gasteiger partial charge in [0.2, 0.25) is 0 Å². The van der Waals surface area contributed by atoms with Gasteiger partial charge >= 0.3 is 0 Å². The highest BCUT2D eigenvalue weighted by atomic mass is 16.3. The number of benzene rings is 1. The van der Waals surface area contributed by atoms with E-state index in [0.717, 1.165) is 18.4 Å². The maximum atomic E-state index is 10.9. The number of hydrogen-bond donors (Lipinski definition) is 2. The summed E-state index contributed by atoms with van der Waals surface area (Å²) in [7, 11) is 0. The van der Waals surface area contributed by atoms with Crippen LogP contribution in [0.25, 0.3) is 0 Å². The molecular weight excluding hydrogens is 210 g/mol. The standard InChI is InChI=1S/C15H21NO/c1-11-2-4-12(5-3-11)15(17,13-6-7-13)10-16-14-8-9-14/h2-5,13-14,16-17H,6-10H2,1H3. The Morgan fingerprint density at radius 2 is 1.82 bits per heavy atom. The molecule has 2 saturated carbocycles. The minimum atomic E-state index is -0.643. The smallest absolute Gasteiger partial charge is 0.105 e. The first-order chi connectivity index (χ1) is 8.18. The molecule has 0 bridgehead atoms. The molecule has 17 heavy (non-hydrogen) atoms. The molecule has 1 aromatic carbocycles. The quantitative estimate of drug-likeness (QED) is 0.815. The van der Waals surface area contributed by atoms with E-state index >= 15 is 0 Å². The zero-order valence-electron chi connectivity index (χ0n) is 10.4. The van der Waals surface area contributed by atoms with Crippen molar-refractivity contribution >= 4 is 0 Å². The maximum absolute atomic E-state index is 10.9. The van der Waals surface area contributed by atoms with E-state index in [0.29, 0.717) is 18.5 Å². The van der Waals surface area contributed by atoms with E-state index in [4.69, 9.17) is 0 Å². The molecule has 3 rings (SSSR count). The highest BCUT2D eigenvalue weighted by Gasteiger charge is 2.45.